The lowest BCUT2D eigenvalue weighted by Gasteiger charge is -2.34. The third-order valence-corrected chi connectivity index (χ3v) is 4.87. The van der Waals surface area contributed by atoms with Gasteiger partial charge in [-0.25, -0.2) is 4.79 Å². The smallest absolute Gasteiger partial charge is 0.339 e. The Hall–Kier alpha value is -3.07. The summed E-state index contributed by atoms with van der Waals surface area (Å²) in [4.78, 5) is 28.0. The molecule has 0 saturated carbocycles. The van der Waals surface area contributed by atoms with E-state index in [2.05, 4.69) is 10.00 Å². The van der Waals surface area contributed by atoms with Crippen molar-refractivity contribution < 1.29 is 24.2 Å². The molecule has 9 heteroatoms. The van der Waals surface area contributed by atoms with Gasteiger partial charge in [-0.1, -0.05) is 6.07 Å². The van der Waals surface area contributed by atoms with Crippen LogP contribution in [0.2, 0.25) is 0 Å². The Balaban J connectivity index is 1.38. The highest BCUT2D eigenvalue weighted by Gasteiger charge is 2.28. The van der Waals surface area contributed by atoms with Crippen molar-refractivity contribution in [3.63, 3.8) is 0 Å². The van der Waals surface area contributed by atoms with E-state index < -0.39 is 5.97 Å². The lowest BCUT2D eigenvalue weighted by molar-refractivity contribution is 0.0599. The summed E-state index contributed by atoms with van der Waals surface area (Å²) in [6.07, 6.45) is 1.21. The molecule has 1 saturated heterocycles. The van der Waals surface area contributed by atoms with E-state index in [0.29, 0.717) is 26.2 Å². The first-order chi connectivity index (χ1) is 13.0. The number of ether oxygens (including phenoxy) is 2. The van der Waals surface area contributed by atoms with Crippen molar-refractivity contribution in [2.24, 2.45) is 7.05 Å². The van der Waals surface area contributed by atoms with E-state index in [1.54, 1.807) is 11.9 Å². The van der Waals surface area contributed by atoms with Gasteiger partial charge in [0.15, 0.2) is 11.5 Å². The Morgan fingerprint density at radius 2 is 1.89 bits per heavy atom. The van der Waals surface area contributed by atoms with Crippen molar-refractivity contribution in [1.29, 1.82) is 0 Å². The highest BCUT2D eigenvalue weighted by atomic mass is 16.7. The minimum absolute atomic E-state index is 0.0645. The zero-order chi connectivity index (χ0) is 19.0. The van der Waals surface area contributed by atoms with Crippen LogP contribution in [0.1, 0.15) is 26.4 Å². The first-order valence-corrected chi connectivity index (χ1v) is 8.68. The molecule has 0 radical (unpaired) electrons. The number of carbonyl (C=O) groups excluding carboxylic acids is 1. The topological polar surface area (TPSA) is 97.1 Å². The van der Waals surface area contributed by atoms with Gasteiger partial charge in [0.2, 0.25) is 6.79 Å². The molecule has 0 bridgehead atoms. The number of nitrogens with zero attached hydrogens (tertiary/aromatic N) is 4. The number of aromatic nitrogens is 2. The van der Waals surface area contributed by atoms with Crippen molar-refractivity contribution in [3.05, 3.63) is 41.2 Å². The summed E-state index contributed by atoms with van der Waals surface area (Å²) < 4.78 is 12.1. The molecule has 0 unspecified atom stereocenters. The van der Waals surface area contributed by atoms with Crippen LogP contribution < -0.4 is 9.47 Å². The SMILES string of the molecule is Cn1ncc(C(=O)O)c1C(=O)N1CCN(Cc2ccc3c(c2)OCO3)CC1. The first-order valence-electron chi connectivity index (χ1n) is 8.68. The van der Waals surface area contributed by atoms with E-state index in [4.69, 9.17) is 9.47 Å². The monoisotopic (exact) mass is 372 g/mol. The van der Waals surface area contributed by atoms with Gasteiger partial charge in [0.05, 0.1) is 6.20 Å². The summed E-state index contributed by atoms with van der Waals surface area (Å²) in [6, 6.07) is 5.90. The van der Waals surface area contributed by atoms with Crippen LogP contribution in [0, 0.1) is 0 Å². The number of hydrogen-bond acceptors (Lipinski definition) is 6. The molecule has 3 heterocycles. The Labute approximate surface area is 155 Å². The Morgan fingerprint density at radius 3 is 2.63 bits per heavy atom. The summed E-state index contributed by atoms with van der Waals surface area (Å²) in [5.74, 6) is 0.0846. The van der Waals surface area contributed by atoms with Crippen molar-refractivity contribution in [2.45, 2.75) is 6.54 Å². The molecular formula is C18H20N4O5. The van der Waals surface area contributed by atoms with E-state index >= 15 is 0 Å². The average molecular weight is 372 g/mol. The third-order valence-electron chi connectivity index (χ3n) is 4.87. The summed E-state index contributed by atoms with van der Waals surface area (Å²) in [5.41, 5.74) is 1.18. The number of amides is 1. The lowest BCUT2D eigenvalue weighted by Crippen LogP contribution is -2.48. The molecule has 0 atom stereocenters. The van der Waals surface area contributed by atoms with E-state index in [-0.39, 0.29) is 24.0 Å². The van der Waals surface area contributed by atoms with Crippen LogP contribution in [-0.4, -0.2) is 69.5 Å². The number of rotatable bonds is 4. The maximum absolute atomic E-state index is 12.8. The van der Waals surface area contributed by atoms with E-state index in [1.165, 1.54) is 10.9 Å². The van der Waals surface area contributed by atoms with Crippen LogP contribution in [0.5, 0.6) is 11.5 Å². The molecule has 1 amide bonds. The van der Waals surface area contributed by atoms with Crippen LogP contribution in [0.3, 0.4) is 0 Å². The molecule has 9 nitrogen and oxygen atoms in total. The van der Waals surface area contributed by atoms with Gasteiger partial charge >= 0.3 is 5.97 Å². The maximum Gasteiger partial charge on any atom is 0.339 e. The van der Waals surface area contributed by atoms with Crippen molar-refractivity contribution in [1.82, 2.24) is 19.6 Å². The van der Waals surface area contributed by atoms with Gasteiger partial charge in [-0.15, -0.1) is 0 Å². The zero-order valence-electron chi connectivity index (χ0n) is 14.9. The summed E-state index contributed by atoms with van der Waals surface area (Å²) in [7, 11) is 1.58. The number of fused-ring (bicyclic) bond motifs is 1. The van der Waals surface area contributed by atoms with Crippen LogP contribution >= 0.6 is 0 Å². The number of benzene rings is 1. The molecule has 1 aromatic heterocycles. The number of carbonyl (C=O) groups is 2. The van der Waals surface area contributed by atoms with Gasteiger partial charge in [-0.05, 0) is 17.7 Å². The molecule has 4 rings (SSSR count). The summed E-state index contributed by atoms with van der Waals surface area (Å²) >= 11 is 0. The molecular weight excluding hydrogens is 352 g/mol. The molecule has 2 aliphatic rings. The predicted octanol–water partition coefficient (Wildman–Crippen LogP) is 0.805. The average Bonchev–Trinajstić information content (AvgIpc) is 3.27. The molecule has 27 heavy (non-hydrogen) atoms. The van der Waals surface area contributed by atoms with Gasteiger partial charge in [0, 0.05) is 39.8 Å². The Kier molecular flexibility index (Phi) is 4.44. The maximum atomic E-state index is 12.8. The second-order valence-corrected chi connectivity index (χ2v) is 6.59. The van der Waals surface area contributed by atoms with Crippen LogP contribution in [-0.2, 0) is 13.6 Å². The highest BCUT2D eigenvalue weighted by molar-refractivity contribution is 6.03. The fraction of sp³-hybridized carbons (Fsp3) is 0.389. The predicted molar refractivity (Wildman–Crippen MR) is 93.9 cm³/mol. The number of carboxylic acid groups (broad SMARTS) is 1. The van der Waals surface area contributed by atoms with Gasteiger partial charge in [-0.3, -0.25) is 14.4 Å². The van der Waals surface area contributed by atoms with Crippen molar-refractivity contribution >= 4 is 11.9 Å². The lowest BCUT2D eigenvalue weighted by atomic mass is 10.1. The quantitative estimate of drug-likeness (QED) is 0.848. The molecule has 0 aliphatic carbocycles. The minimum atomic E-state index is -1.15. The highest BCUT2D eigenvalue weighted by Crippen LogP contribution is 2.32. The van der Waals surface area contributed by atoms with Gasteiger partial charge in [0.1, 0.15) is 11.3 Å². The number of carboxylic acids is 1. The Bertz CT molecular complexity index is 886. The fourth-order valence-corrected chi connectivity index (χ4v) is 3.40. The second kappa shape index (κ2) is 6.92. The van der Waals surface area contributed by atoms with Gasteiger partial charge in [-0.2, -0.15) is 5.10 Å². The number of piperazine rings is 1. The molecule has 0 spiro atoms. The Morgan fingerprint density at radius 1 is 1.15 bits per heavy atom. The fourth-order valence-electron chi connectivity index (χ4n) is 3.40. The largest absolute Gasteiger partial charge is 0.478 e. The molecule has 142 valence electrons. The first kappa shape index (κ1) is 17.3. The van der Waals surface area contributed by atoms with Crippen LogP contribution in [0.15, 0.2) is 24.4 Å². The van der Waals surface area contributed by atoms with E-state index in [9.17, 15) is 14.7 Å². The third kappa shape index (κ3) is 3.33. The van der Waals surface area contributed by atoms with Crippen molar-refractivity contribution in [2.75, 3.05) is 33.0 Å². The van der Waals surface area contributed by atoms with E-state index in [1.807, 2.05) is 18.2 Å². The summed E-state index contributed by atoms with van der Waals surface area (Å²) in [5, 5.41) is 13.2. The molecule has 1 aromatic carbocycles. The van der Waals surface area contributed by atoms with E-state index in [0.717, 1.165) is 23.6 Å². The zero-order valence-corrected chi connectivity index (χ0v) is 14.9. The molecule has 1 fully saturated rings. The number of aromatic carboxylic acids is 1. The van der Waals surface area contributed by atoms with Crippen molar-refractivity contribution in [3.8, 4) is 11.5 Å². The molecule has 2 aromatic rings. The normalized spacial score (nSPS) is 16.6. The standard InChI is InChI=1S/C18H20N4O5/c1-20-16(13(9-19-20)18(24)25)17(23)22-6-4-21(5-7-22)10-12-2-3-14-15(8-12)27-11-26-14/h2-3,8-9H,4-7,10-11H2,1H3,(H,24,25). The van der Waals surface area contributed by atoms with Gasteiger partial charge < -0.3 is 19.5 Å². The minimum Gasteiger partial charge on any atom is -0.478 e. The number of hydrogen-bond donors (Lipinski definition) is 1. The van der Waals surface area contributed by atoms with Gasteiger partial charge in [0.25, 0.3) is 5.91 Å². The molecule has 2 aliphatic heterocycles. The van der Waals surface area contributed by atoms with Crippen LogP contribution in [0.25, 0.3) is 0 Å². The second-order valence-electron chi connectivity index (χ2n) is 6.59. The number of aryl methyl sites for hydroxylation is 1. The summed E-state index contributed by atoms with van der Waals surface area (Å²) in [6.45, 7) is 3.50. The van der Waals surface area contributed by atoms with Crippen LogP contribution in [0.4, 0.5) is 0 Å². The molecule has 1 N–H and O–H groups in total.